The lowest BCUT2D eigenvalue weighted by Gasteiger charge is -2.11. The summed E-state index contributed by atoms with van der Waals surface area (Å²) < 4.78 is 0. The van der Waals surface area contributed by atoms with Crippen molar-refractivity contribution in [3.63, 3.8) is 0 Å². The van der Waals surface area contributed by atoms with E-state index < -0.39 is 0 Å². The summed E-state index contributed by atoms with van der Waals surface area (Å²) in [7, 11) is 3.95. The van der Waals surface area contributed by atoms with E-state index in [2.05, 4.69) is 21.6 Å². The molecule has 1 saturated heterocycles. The molecule has 1 atom stereocenters. The van der Waals surface area contributed by atoms with E-state index in [9.17, 15) is 0 Å². The molecule has 0 saturated carbocycles. The average Bonchev–Trinajstić information content (AvgIpc) is 2.71. The van der Waals surface area contributed by atoms with Crippen LogP contribution < -0.4 is 10.2 Å². The van der Waals surface area contributed by atoms with Crippen molar-refractivity contribution in [1.82, 2.24) is 15.5 Å². The molecule has 0 radical (unpaired) electrons. The van der Waals surface area contributed by atoms with Crippen LogP contribution in [0.25, 0.3) is 0 Å². The van der Waals surface area contributed by atoms with E-state index in [1.807, 2.05) is 25.1 Å². The first-order valence-electron chi connectivity index (χ1n) is 5.46. The zero-order chi connectivity index (χ0) is 10.7. The third-order valence-electron chi connectivity index (χ3n) is 2.82. The Labute approximate surface area is 90.7 Å². The standard InChI is InChI=1S/C11H18N4/c1-15(2)11-4-3-10(13-14-11)7-9-5-6-12-8-9/h3-4,9,12H,5-8H2,1-2H3/t9-/m0/s1. The molecule has 0 aromatic carbocycles. The van der Waals surface area contributed by atoms with Crippen LogP contribution in [0.15, 0.2) is 12.1 Å². The largest absolute Gasteiger partial charge is 0.361 e. The molecule has 0 aliphatic carbocycles. The van der Waals surface area contributed by atoms with Crippen LogP contribution >= 0.6 is 0 Å². The maximum absolute atomic E-state index is 4.24. The van der Waals surface area contributed by atoms with Crippen LogP contribution in [0.3, 0.4) is 0 Å². The highest BCUT2D eigenvalue weighted by Crippen LogP contribution is 2.14. The van der Waals surface area contributed by atoms with E-state index in [0.717, 1.165) is 36.9 Å². The zero-order valence-electron chi connectivity index (χ0n) is 9.40. The highest BCUT2D eigenvalue weighted by Gasteiger charge is 2.15. The van der Waals surface area contributed by atoms with E-state index in [-0.39, 0.29) is 0 Å². The topological polar surface area (TPSA) is 41.0 Å². The van der Waals surface area contributed by atoms with Crippen LogP contribution in [0.2, 0.25) is 0 Å². The molecular formula is C11H18N4. The fourth-order valence-corrected chi connectivity index (χ4v) is 1.88. The summed E-state index contributed by atoms with van der Waals surface area (Å²) in [5.74, 6) is 1.66. The quantitative estimate of drug-likeness (QED) is 0.790. The molecule has 2 heterocycles. The van der Waals surface area contributed by atoms with E-state index in [1.54, 1.807) is 0 Å². The fraction of sp³-hybridized carbons (Fsp3) is 0.636. The number of nitrogens with one attached hydrogen (secondary N) is 1. The third kappa shape index (κ3) is 2.65. The van der Waals surface area contributed by atoms with Crippen LogP contribution in [0.4, 0.5) is 5.82 Å². The number of nitrogens with zero attached hydrogens (tertiary/aromatic N) is 3. The van der Waals surface area contributed by atoms with Crippen LogP contribution in [0, 0.1) is 5.92 Å². The molecule has 0 amide bonds. The lowest BCUT2D eigenvalue weighted by Crippen LogP contribution is -2.14. The van der Waals surface area contributed by atoms with Gasteiger partial charge < -0.3 is 10.2 Å². The predicted octanol–water partition coefficient (Wildman–Crippen LogP) is 0.695. The molecule has 0 unspecified atom stereocenters. The highest BCUT2D eigenvalue weighted by atomic mass is 15.2. The van der Waals surface area contributed by atoms with Gasteiger partial charge in [0.2, 0.25) is 0 Å². The summed E-state index contributed by atoms with van der Waals surface area (Å²) >= 11 is 0. The number of aromatic nitrogens is 2. The molecule has 1 aromatic rings. The summed E-state index contributed by atoms with van der Waals surface area (Å²) in [6, 6.07) is 4.12. The Balaban J connectivity index is 1.97. The molecule has 2 rings (SSSR count). The van der Waals surface area contributed by atoms with Gasteiger partial charge in [-0.15, -0.1) is 5.10 Å². The summed E-state index contributed by atoms with van der Waals surface area (Å²) in [6.07, 6.45) is 2.31. The Kier molecular flexibility index (Phi) is 3.16. The van der Waals surface area contributed by atoms with E-state index in [4.69, 9.17) is 0 Å². The van der Waals surface area contributed by atoms with Crippen LogP contribution in [-0.2, 0) is 6.42 Å². The van der Waals surface area contributed by atoms with Crippen molar-refractivity contribution in [1.29, 1.82) is 0 Å². The van der Waals surface area contributed by atoms with E-state index in [0.29, 0.717) is 0 Å². The Morgan fingerprint density at radius 2 is 2.27 bits per heavy atom. The Morgan fingerprint density at radius 3 is 2.80 bits per heavy atom. The summed E-state index contributed by atoms with van der Waals surface area (Å²) in [6.45, 7) is 2.27. The molecule has 1 N–H and O–H groups in total. The minimum Gasteiger partial charge on any atom is -0.361 e. The first-order chi connectivity index (χ1) is 7.25. The molecule has 82 valence electrons. The normalized spacial score (nSPS) is 20.5. The second kappa shape index (κ2) is 4.57. The zero-order valence-corrected chi connectivity index (χ0v) is 9.40. The predicted molar refractivity (Wildman–Crippen MR) is 61.0 cm³/mol. The lowest BCUT2D eigenvalue weighted by molar-refractivity contribution is 0.567. The van der Waals surface area contributed by atoms with E-state index in [1.165, 1.54) is 6.42 Å². The van der Waals surface area contributed by atoms with Crippen molar-refractivity contribution in [2.24, 2.45) is 5.92 Å². The second-order valence-electron chi connectivity index (χ2n) is 4.34. The highest BCUT2D eigenvalue weighted by molar-refractivity contribution is 5.34. The van der Waals surface area contributed by atoms with Crippen LogP contribution in [0.1, 0.15) is 12.1 Å². The van der Waals surface area contributed by atoms with Crippen molar-refractivity contribution in [3.05, 3.63) is 17.8 Å². The minimum absolute atomic E-state index is 0.740. The van der Waals surface area contributed by atoms with Gasteiger partial charge in [0, 0.05) is 14.1 Å². The molecule has 0 spiro atoms. The van der Waals surface area contributed by atoms with Crippen molar-refractivity contribution in [3.8, 4) is 0 Å². The van der Waals surface area contributed by atoms with Crippen molar-refractivity contribution >= 4 is 5.82 Å². The van der Waals surface area contributed by atoms with Gasteiger partial charge in [0.05, 0.1) is 5.69 Å². The Morgan fingerprint density at radius 1 is 1.40 bits per heavy atom. The Hall–Kier alpha value is -1.16. The van der Waals surface area contributed by atoms with Gasteiger partial charge in [0.1, 0.15) is 0 Å². The van der Waals surface area contributed by atoms with Gasteiger partial charge in [0.25, 0.3) is 0 Å². The summed E-state index contributed by atoms with van der Waals surface area (Å²) in [5, 5.41) is 11.8. The molecule has 1 fully saturated rings. The van der Waals surface area contributed by atoms with Crippen molar-refractivity contribution in [2.45, 2.75) is 12.8 Å². The van der Waals surface area contributed by atoms with Crippen LogP contribution in [0.5, 0.6) is 0 Å². The first kappa shape index (κ1) is 10.4. The first-order valence-corrected chi connectivity index (χ1v) is 5.46. The molecule has 15 heavy (non-hydrogen) atoms. The lowest BCUT2D eigenvalue weighted by atomic mass is 10.0. The van der Waals surface area contributed by atoms with Gasteiger partial charge in [-0.1, -0.05) is 0 Å². The maximum atomic E-state index is 4.24. The Bertz CT molecular complexity index is 301. The number of hydrogen-bond acceptors (Lipinski definition) is 4. The van der Waals surface area contributed by atoms with Gasteiger partial charge in [-0.3, -0.25) is 0 Å². The van der Waals surface area contributed by atoms with Crippen molar-refractivity contribution in [2.75, 3.05) is 32.1 Å². The SMILES string of the molecule is CN(C)c1ccc(C[C@@H]2CCNC2)nn1. The van der Waals surface area contributed by atoms with Gasteiger partial charge in [-0.25, -0.2) is 0 Å². The number of rotatable bonds is 3. The van der Waals surface area contributed by atoms with Gasteiger partial charge >= 0.3 is 0 Å². The van der Waals surface area contributed by atoms with Crippen molar-refractivity contribution < 1.29 is 0 Å². The van der Waals surface area contributed by atoms with E-state index >= 15 is 0 Å². The monoisotopic (exact) mass is 206 g/mol. The molecule has 4 nitrogen and oxygen atoms in total. The van der Waals surface area contributed by atoms with Gasteiger partial charge in [0.15, 0.2) is 5.82 Å². The van der Waals surface area contributed by atoms with Gasteiger partial charge in [-0.05, 0) is 44.0 Å². The third-order valence-corrected chi connectivity index (χ3v) is 2.82. The second-order valence-corrected chi connectivity index (χ2v) is 4.34. The molecule has 1 aliphatic heterocycles. The molecule has 1 aliphatic rings. The average molecular weight is 206 g/mol. The van der Waals surface area contributed by atoms with Gasteiger partial charge in [-0.2, -0.15) is 5.10 Å². The molecule has 0 bridgehead atoms. The summed E-state index contributed by atoms with van der Waals surface area (Å²) in [5.41, 5.74) is 1.11. The minimum atomic E-state index is 0.740. The maximum Gasteiger partial charge on any atom is 0.150 e. The summed E-state index contributed by atoms with van der Waals surface area (Å²) in [4.78, 5) is 1.97. The molecule has 4 heteroatoms. The molecular weight excluding hydrogens is 188 g/mol. The number of anilines is 1. The smallest absolute Gasteiger partial charge is 0.150 e. The van der Waals surface area contributed by atoms with Crippen LogP contribution in [-0.4, -0.2) is 37.4 Å². The fourth-order valence-electron chi connectivity index (χ4n) is 1.88. The molecule has 1 aromatic heterocycles. The number of hydrogen-bond donors (Lipinski definition) is 1.